The highest BCUT2D eigenvalue weighted by Crippen LogP contribution is 2.27. The average Bonchev–Trinajstić information content (AvgIpc) is 2.62. The Morgan fingerprint density at radius 1 is 1.07 bits per heavy atom. The number of amides is 1. The quantitative estimate of drug-likeness (QED) is 0.322. The lowest BCUT2D eigenvalue weighted by atomic mass is 9.85. The van der Waals surface area contributed by atoms with Crippen molar-refractivity contribution in [2.24, 2.45) is 10.9 Å². The minimum Gasteiger partial charge on any atom is -0.352 e. The van der Waals surface area contributed by atoms with Gasteiger partial charge in [-0.15, -0.1) is 24.0 Å². The summed E-state index contributed by atoms with van der Waals surface area (Å²) in [6.45, 7) is 3.47. The molecule has 1 aliphatic rings. The largest absolute Gasteiger partial charge is 0.352 e. The summed E-state index contributed by atoms with van der Waals surface area (Å²) < 4.78 is 0. The molecule has 0 spiro atoms. The normalized spacial score (nSPS) is 13.9. The summed E-state index contributed by atoms with van der Waals surface area (Å²) in [5.74, 6) is 1.08. The van der Waals surface area contributed by atoms with E-state index in [1.165, 1.54) is 11.1 Å². The number of nitrogens with one attached hydrogen (secondary N) is 3. The monoisotopic (exact) mass is 492 g/mol. The van der Waals surface area contributed by atoms with Crippen LogP contribution in [0, 0.1) is 12.8 Å². The summed E-state index contributed by atoms with van der Waals surface area (Å²) in [7, 11) is 1.77. The highest BCUT2D eigenvalue weighted by atomic mass is 127. The van der Waals surface area contributed by atoms with E-state index in [2.05, 4.69) is 40.0 Å². The zero-order valence-electron chi connectivity index (χ0n) is 16.5. The van der Waals surface area contributed by atoms with Gasteiger partial charge in [-0.2, -0.15) is 0 Å². The molecule has 3 rings (SSSR count). The summed E-state index contributed by atoms with van der Waals surface area (Å²) in [4.78, 5) is 16.4. The Balaban J connectivity index is 0.00000280. The van der Waals surface area contributed by atoms with E-state index in [4.69, 9.17) is 0 Å². The first-order valence-corrected chi connectivity index (χ1v) is 9.54. The first kappa shape index (κ1) is 22.2. The standard InChI is InChI=1S/C22H28N4O.HI/c1-16-7-3-4-9-19(16)15-25-22(23-2)24-14-17-8-5-12-20(13-17)26-21(27)18-10-6-11-18;/h3-5,7-9,12-13,18H,6,10-11,14-15H2,1-2H3,(H,26,27)(H2,23,24,25);1H. The summed E-state index contributed by atoms with van der Waals surface area (Å²) >= 11 is 0. The molecule has 28 heavy (non-hydrogen) atoms. The summed E-state index contributed by atoms with van der Waals surface area (Å²) in [6, 6.07) is 16.3. The number of benzene rings is 2. The van der Waals surface area contributed by atoms with Crippen LogP contribution in [0.4, 0.5) is 5.69 Å². The number of guanidine groups is 1. The first-order valence-electron chi connectivity index (χ1n) is 9.54. The number of hydrogen-bond donors (Lipinski definition) is 3. The van der Waals surface area contributed by atoms with Crippen LogP contribution in [0.15, 0.2) is 53.5 Å². The van der Waals surface area contributed by atoms with Crippen molar-refractivity contribution < 1.29 is 4.79 Å². The SMILES string of the molecule is CN=C(NCc1cccc(NC(=O)C2CCC2)c1)NCc1ccccc1C.I. The average molecular weight is 492 g/mol. The van der Waals surface area contributed by atoms with E-state index in [0.717, 1.165) is 43.0 Å². The topological polar surface area (TPSA) is 65.5 Å². The van der Waals surface area contributed by atoms with Crippen LogP contribution in [0.25, 0.3) is 0 Å². The van der Waals surface area contributed by atoms with Gasteiger partial charge in [0.05, 0.1) is 0 Å². The van der Waals surface area contributed by atoms with E-state index in [0.29, 0.717) is 6.54 Å². The van der Waals surface area contributed by atoms with E-state index in [-0.39, 0.29) is 35.8 Å². The second-order valence-corrected chi connectivity index (χ2v) is 7.02. The lowest BCUT2D eigenvalue weighted by molar-refractivity contribution is -0.122. The number of nitrogens with zero attached hydrogens (tertiary/aromatic N) is 1. The van der Waals surface area contributed by atoms with Crippen LogP contribution in [-0.2, 0) is 17.9 Å². The number of carbonyl (C=O) groups excluding carboxylic acids is 1. The summed E-state index contributed by atoms with van der Waals surface area (Å²) in [5, 5.41) is 9.70. The number of halogens is 1. The first-order chi connectivity index (χ1) is 13.2. The molecule has 1 saturated carbocycles. The number of hydrogen-bond acceptors (Lipinski definition) is 2. The highest BCUT2D eigenvalue weighted by Gasteiger charge is 2.25. The number of carbonyl (C=O) groups is 1. The van der Waals surface area contributed by atoms with E-state index in [9.17, 15) is 4.79 Å². The van der Waals surface area contributed by atoms with E-state index in [1.807, 2.05) is 36.4 Å². The minimum atomic E-state index is 0. The van der Waals surface area contributed by atoms with Crippen LogP contribution in [0.1, 0.15) is 36.0 Å². The van der Waals surface area contributed by atoms with Crippen LogP contribution in [0.5, 0.6) is 0 Å². The molecule has 1 aliphatic carbocycles. The zero-order valence-corrected chi connectivity index (χ0v) is 18.8. The maximum Gasteiger partial charge on any atom is 0.227 e. The third kappa shape index (κ3) is 6.22. The van der Waals surface area contributed by atoms with Gasteiger partial charge in [-0.05, 0) is 48.6 Å². The third-order valence-electron chi connectivity index (χ3n) is 5.06. The van der Waals surface area contributed by atoms with Crippen molar-refractivity contribution in [1.29, 1.82) is 0 Å². The van der Waals surface area contributed by atoms with Crippen molar-refractivity contribution in [2.75, 3.05) is 12.4 Å². The predicted molar refractivity (Wildman–Crippen MR) is 126 cm³/mol. The van der Waals surface area contributed by atoms with Crippen molar-refractivity contribution in [3.63, 3.8) is 0 Å². The van der Waals surface area contributed by atoms with Crippen LogP contribution < -0.4 is 16.0 Å². The van der Waals surface area contributed by atoms with Crippen molar-refractivity contribution in [2.45, 2.75) is 39.3 Å². The van der Waals surface area contributed by atoms with Crippen LogP contribution in [-0.4, -0.2) is 18.9 Å². The number of rotatable bonds is 6. The van der Waals surface area contributed by atoms with Gasteiger partial charge in [-0.3, -0.25) is 9.79 Å². The van der Waals surface area contributed by atoms with Crippen LogP contribution in [0.2, 0.25) is 0 Å². The molecule has 0 heterocycles. The zero-order chi connectivity index (χ0) is 19.1. The Morgan fingerprint density at radius 2 is 1.82 bits per heavy atom. The third-order valence-corrected chi connectivity index (χ3v) is 5.06. The van der Waals surface area contributed by atoms with Gasteiger partial charge in [0.1, 0.15) is 0 Å². The molecule has 150 valence electrons. The Labute approximate surface area is 184 Å². The molecule has 2 aromatic rings. The van der Waals surface area contributed by atoms with E-state index in [1.54, 1.807) is 7.05 Å². The fourth-order valence-corrected chi connectivity index (χ4v) is 3.07. The molecule has 0 aliphatic heterocycles. The molecule has 0 unspecified atom stereocenters. The minimum absolute atomic E-state index is 0. The molecule has 6 heteroatoms. The van der Waals surface area contributed by atoms with Crippen molar-refractivity contribution in [3.8, 4) is 0 Å². The van der Waals surface area contributed by atoms with Gasteiger partial charge < -0.3 is 16.0 Å². The van der Waals surface area contributed by atoms with Gasteiger partial charge in [0.15, 0.2) is 5.96 Å². The number of aliphatic imine (C=N–C) groups is 1. The maximum atomic E-state index is 12.1. The van der Waals surface area contributed by atoms with Crippen molar-refractivity contribution in [1.82, 2.24) is 10.6 Å². The van der Waals surface area contributed by atoms with Gasteiger partial charge in [-0.25, -0.2) is 0 Å². The molecule has 0 saturated heterocycles. The predicted octanol–water partition coefficient (Wildman–Crippen LogP) is 4.22. The van der Waals surface area contributed by atoms with Gasteiger partial charge in [-0.1, -0.05) is 42.8 Å². The fraction of sp³-hybridized carbons (Fsp3) is 0.364. The van der Waals surface area contributed by atoms with Crippen molar-refractivity contribution in [3.05, 3.63) is 65.2 Å². The second kappa shape index (κ2) is 11.0. The lowest BCUT2D eigenvalue weighted by Crippen LogP contribution is -2.36. The van der Waals surface area contributed by atoms with Crippen molar-refractivity contribution >= 4 is 41.5 Å². The molecule has 0 radical (unpaired) electrons. The van der Waals surface area contributed by atoms with Crippen LogP contribution >= 0.6 is 24.0 Å². The molecule has 3 N–H and O–H groups in total. The maximum absolute atomic E-state index is 12.1. The molecule has 1 amide bonds. The second-order valence-electron chi connectivity index (χ2n) is 7.02. The number of aryl methyl sites for hydroxylation is 1. The Bertz CT molecular complexity index is 818. The highest BCUT2D eigenvalue weighted by molar-refractivity contribution is 14.0. The molecule has 0 bridgehead atoms. The van der Waals surface area contributed by atoms with Gasteiger partial charge in [0, 0.05) is 31.7 Å². The fourth-order valence-electron chi connectivity index (χ4n) is 3.07. The van der Waals surface area contributed by atoms with E-state index >= 15 is 0 Å². The smallest absolute Gasteiger partial charge is 0.227 e. The molecular weight excluding hydrogens is 463 g/mol. The van der Waals surface area contributed by atoms with Gasteiger partial charge in [0.2, 0.25) is 5.91 Å². The Kier molecular flexibility index (Phi) is 8.76. The Hall–Kier alpha value is -2.09. The molecule has 5 nitrogen and oxygen atoms in total. The lowest BCUT2D eigenvalue weighted by Gasteiger charge is -2.24. The number of anilines is 1. The summed E-state index contributed by atoms with van der Waals surface area (Å²) in [5.41, 5.74) is 4.46. The van der Waals surface area contributed by atoms with E-state index < -0.39 is 0 Å². The molecular formula is C22H29IN4O. The molecule has 2 aromatic carbocycles. The van der Waals surface area contributed by atoms with Crippen LogP contribution in [0.3, 0.4) is 0 Å². The molecule has 0 aromatic heterocycles. The molecule has 0 atom stereocenters. The summed E-state index contributed by atoms with van der Waals surface area (Å²) in [6.07, 6.45) is 3.18. The molecule has 1 fully saturated rings. The van der Waals surface area contributed by atoms with Gasteiger partial charge >= 0.3 is 0 Å². The Morgan fingerprint density at radius 3 is 2.50 bits per heavy atom. The van der Waals surface area contributed by atoms with Gasteiger partial charge in [0.25, 0.3) is 0 Å².